The van der Waals surface area contributed by atoms with Crippen molar-refractivity contribution in [3.05, 3.63) is 91.0 Å². The van der Waals surface area contributed by atoms with E-state index >= 15 is 0 Å². The maximum Gasteiger partial charge on any atom is 0.307 e. The van der Waals surface area contributed by atoms with Crippen LogP contribution in [0.25, 0.3) is 11.0 Å². The van der Waals surface area contributed by atoms with E-state index < -0.39 is 5.91 Å². The highest BCUT2D eigenvalue weighted by Gasteiger charge is 2.15. The number of hydrazone groups is 1. The molecule has 1 aromatic heterocycles. The summed E-state index contributed by atoms with van der Waals surface area (Å²) in [7, 11) is 0. The first-order valence-corrected chi connectivity index (χ1v) is 12.3. The summed E-state index contributed by atoms with van der Waals surface area (Å²) in [6.45, 7) is 2.42. The van der Waals surface area contributed by atoms with Crippen molar-refractivity contribution in [1.29, 1.82) is 0 Å². The van der Waals surface area contributed by atoms with Gasteiger partial charge >= 0.3 is 5.91 Å². The molecule has 3 aromatic carbocycles. The lowest BCUT2D eigenvalue weighted by Gasteiger charge is -2.15. The zero-order chi connectivity index (χ0) is 24.9. The number of benzene rings is 3. The van der Waals surface area contributed by atoms with Gasteiger partial charge in [0.2, 0.25) is 0 Å². The Labute approximate surface area is 224 Å². The van der Waals surface area contributed by atoms with Crippen LogP contribution in [0.15, 0.2) is 68.6 Å². The number of fused-ring (bicyclic) bond motifs is 1. The number of nitrogens with zero attached hydrogens (tertiary/aromatic N) is 1. The Hall–Kier alpha value is -2.71. The SMILES string of the molecule is CCOc1cc(/C=N/NC(=O)c2cc3cc(Br)ccc3o2)cc(Cl)c1OCc1ccc(Cl)cc1Cl. The number of ether oxygens (including phenoxy) is 2. The molecule has 6 nitrogen and oxygen atoms in total. The van der Waals surface area contributed by atoms with Gasteiger partial charge in [0.1, 0.15) is 12.2 Å². The molecule has 0 aliphatic carbocycles. The molecule has 0 fully saturated rings. The summed E-state index contributed by atoms with van der Waals surface area (Å²) in [5.74, 6) is 0.465. The number of amides is 1. The number of carbonyl (C=O) groups is 1. The van der Waals surface area contributed by atoms with Gasteiger partial charge in [-0.05, 0) is 61.0 Å². The van der Waals surface area contributed by atoms with Gasteiger partial charge in [0.05, 0.1) is 17.8 Å². The van der Waals surface area contributed by atoms with Gasteiger partial charge in [-0.3, -0.25) is 4.79 Å². The van der Waals surface area contributed by atoms with Crippen molar-refractivity contribution in [2.24, 2.45) is 5.10 Å². The van der Waals surface area contributed by atoms with E-state index in [2.05, 4.69) is 26.5 Å². The van der Waals surface area contributed by atoms with E-state index in [1.165, 1.54) is 6.21 Å². The predicted octanol–water partition coefficient (Wildman–Crippen LogP) is 7.90. The molecule has 10 heteroatoms. The second kappa shape index (κ2) is 11.4. The second-order valence-corrected chi connectivity index (χ2v) is 9.45. The third-order valence-electron chi connectivity index (χ3n) is 4.80. The smallest absolute Gasteiger partial charge is 0.307 e. The largest absolute Gasteiger partial charge is 0.490 e. The van der Waals surface area contributed by atoms with Gasteiger partial charge in [0.15, 0.2) is 17.3 Å². The summed E-state index contributed by atoms with van der Waals surface area (Å²) in [6, 6.07) is 15.6. The Bertz CT molecular complexity index is 1420. The fourth-order valence-electron chi connectivity index (χ4n) is 3.20. The molecule has 180 valence electrons. The molecule has 35 heavy (non-hydrogen) atoms. The summed E-state index contributed by atoms with van der Waals surface area (Å²) < 4.78 is 18.1. The van der Waals surface area contributed by atoms with Crippen LogP contribution in [0.2, 0.25) is 15.1 Å². The number of carbonyl (C=O) groups excluding carboxylic acids is 1. The standard InChI is InChI=1S/C25H18BrCl3N2O4/c1-2-33-22-8-14(7-20(29)24(22)34-13-15-3-5-18(27)11-19(15)28)12-30-31-25(32)23-10-16-9-17(26)4-6-21(16)35-23/h3-12H,2,13H2,1H3,(H,31,32)/b30-12+. The summed E-state index contributed by atoms with van der Waals surface area (Å²) in [5, 5.41) is 6.16. The highest BCUT2D eigenvalue weighted by atomic mass is 79.9. The molecule has 0 unspecified atom stereocenters. The van der Waals surface area contributed by atoms with Gasteiger partial charge in [0, 0.05) is 25.5 Å². The molecule has 0 spiro atoms. The molecule has 0 bridgehead atoms. The third kappa shape index (κ3) is 6.30. The summed E-state index contributed by atoms with van der Waals surface area (Å²) in [6.07, 6.45) is 1.45. The molecule has 4 rings (SSSR count). The molecule has 0 saturated carbocycles. The minimum Gasteiger partial charge on any atom is -0.490 e. The van der Waals surface area contributed by atoms with Crippen molar-refractivity contribution >= 4 is 73.8 Å². The maximum atomic E-state index is 12.4. The average molecular weight is 597 g/mol. The molecule has 4 aromatic rings. The van der Waals surface area contributed by atoms with Crippen molar-refractivity contribution in [3.63, 3.8) is 0 Å². The van der Waals surface area contributed by atoms with Crippen LogP contribution in [0.5, 0.6) is 11.5 Å². The van der Waals surface area contributed by atoms with Crippen molar-refractivity contribution in [1.82, 2.24) is 5.43 Å². The Morgan fingerprint density at radius 1 is 1.06 bits per heavy atom. The topological polar surface area (TPSA) is 73.1 Å². The third-order valence-corrected chi connectivity index (χ3v) is 6.16. The molecular weight excluding hydrogens is 579 g/mol. The second-order valence-electron chi connectivity index (χ2n) is 7.28. The Kier molecular flexibility index (Phi) is 8.23. The quantitative estimate of drug-likeness (QED) is 0.166. The highest BCUT2D eigenvalue weighted by molar-refractivity contribution is 9.10. The lowest BCUT2D eigenvalue weighted by Crippen LogP contribution is -2.16. The van der Waals surface area contributed by atoms with Crippen LogP contribution in [0.4, 0.5) is 0 Å². The number of furan rings is 1. The molecular formula is C25H18BrCl3N2O4. The monoisotopic (exact) mass is 594 g/mol. The van der Waals surface area contributed by atoms with Crippen LogP contribution < -0.4 is 14.9 Å². The number of hydrogen-bond donors (Lipinski definition) is 1. The van der Waals surface area contributed by atoms with Crippen LogP contribution in [0.3, 0.4) is 0 Å². The maximum absolute atomic E-state index is 12.4. The molecule has 0 radical (unpaired) electrons. The Balaban J connectivity index is 1.47. The van der Waals surface area contributed by atoms with E-state index in [9.17, 15) is 4.79 Å². The molecule has 1 amide bonds. The fraction of sp³-hybridized carbons (Fsp3) is 0.120. The van der Waals surface area contributed by atoms with Gasteiger partial charge in [0.25, 0.3) is 0 Å². The molecule has 0 saturated heterocycles. The summed E-state index contributed by atoms with van der Waals surface area (Å²) >= 11 is 22.0. The number of nitrogens with one attached hydrogen (secondary N) is 1. The van der Waals surface area contributed by atoms with Crippen LogP contribution in [-0.4, -0.2) is 18.7 Å². The lowest BCUT2D eigenvalue weighted by molar-refractivity contribution is 0.0929. The van der Waals surface area contributed by atoms with Crippen molar-refractivity contribution in [3.8, 4) is 11.5 Å². The van der Waals surface area contributed by atoms with Gasteiger partial charge in [-0.2, -0.15) is 5.10 Å². The first-order chi connectivity index (χ1) is 16.8. The van der Waals surface area contributed by atoms with Gasteiger partial charge in [-0.15, -0.1) is 0 Å². The molecule has 1 N–H and O–H groups in total. The Morgan fingerprint density at radius 2 is 1.89 bits per heavy atom. The van der Waals surface area contributed by atoms with E-state index in [4.69, 9.17) is 48.7 Å². The van der Waals surface area contributed by atoms with Crippen molar-refractivity contribution in [2.75, 3.05) is 6.61 Å². The van der Waals surface area contributed by atoms with E-state index in [-0.39, 0.29) is 12.4 Å². The summed E-state index contributed by atoms with van der Waals surface area (Å²) in [5.41, 5.74) is 4.41. The van der Waals surface area contributed by atoms with Gasteiger partial charge < -0.3 is 13.9 Å². The zero-order valence-corrected chi connectivity index (χ0v) is 22.1. The number of rotatable bonds is 8. The normalized spacial score (nSPS) is 11.2. The zero-order valence-electron chi connectivity index (χ0n) is 18.3. The predicted molar refractivity (Wildman–Crippen MR) is 142 cm³/mol. The number of halogens is 4. The molecule has 0 atom stereocenters. The van der Waals surface area contributed by atoms with E-state index in [0.717, 1.165) is 15.4 Å². The minimum absolute atomic E-state index is 0.146. The van der Waals surface area contributed by atoms with Gasteiger partial charge in [-0.25, -0.2) is 5.43 Å². The molecule has 0 aliphatic heterocycles. The van der Waals surface area contributed by atoms with Crippen molar-refractivity contribution in [2.45, 2.75) is 13.5 Å². The van der Waals surface area contributed by atoms with Crippen LogP contribution in [-0.2, 0) is 6.61 Å². The van der Waals surface area contributed by atoms with E-state index in [0.29, 0.717) is 44.3 Å². The summed E-state index contributed by atoms with van der Waals surface area (Å²) in [4.78, 5) is 12.4. The molecule has 1 heterocycles. The van der Waals surface area contributed by atoms with Gasteiger partial charge in [-0.1, -0.05) is 56.8 Å². The highest BCUT2D eigenvalue weighted by Crippen LogP contribution is 2.37. The van der Waals surface area contributed by atoms with Crippen LogP contribution in [0.1, 0.15) is 28.6 Å². The average Bonchev–Trinajstić information content (AvgIpc) is 3.23. The van der Waals surface area contributed by atoms with E-state index in [1.54, 1.807) is 42.5 Å². The number of hydrogen-bond acceptors (Lipinski definition) is 5. The van der Waals surface area contributed by atoms with Crippen molar-refractivity contribution < 1.29 is 18.7 Å². The van der Waals surface area contributed by atoms with Crippen LogP contribution >= 0.6 is 50.7 Å². The Morgan fingerprint density at radius 3 is 2.66 bits per heavy atom. The minimum atomic E-state index is -0.482. The molecule has 0 aliphatic rings. The first kappa shape index (κ1) is 25.4. The van der Waals surface area contributed by atoms with Crippen LogP contribution in [0, 0.1) is 0 Å². The van der Waals surface area contributed by atoms with E-state index in [1.807, 2.05) is 19.1 Å². The fourth-order valence-corrected chi connectivity index (χ4v) is 4.32. The first-order valence-electron chi connectivity index (χ1n) is 10.4. The lowest BCUT2D eigenvalue weighted by atomic mass is 10.2.